The van der Waals surface area contributed by atoms with E-state index in [0.29, 0.717) is 0 Å². The van der Waals surface area contributed by atoms with E-state index in [0.717, 1.165) is 0 Å². The molecule has 0 heterocycles. The van der Waals surface area contributed by atoms with E-state index in [-0.39, 0.29) is 0 Å². The molecule has 0 aliphatic rings. The summed E-state index contributed by atoms with van der Waals surface area (Å²) in [6, 6.07) is 0. The lowest BCUT2D eigenvalue weighted by Crippen LogP contribution is -2.51. The Morgan fingerprint density at radius 2 is 1.53 bits per heavy atom. The number of aliphatic carboxylic acids is 3. The van der Waals surface area contributed by atoms with Crippen LogP contribution in [0.5, 0.6) is 0 Å². The van der Waals surface area contributed by atoms with Crippen molar-refractivity contribution in [3.8, 4) is 0 Å². The minimum Gasteiger partial charge on any atom is -0.659 e. The van der Waals surface area contributed by atoms with Crippen molar-refractivity contribution in [1.29, 1.82) is 0 Å². The Balaban J connectivity index is 5.33. The lowest BCUT2D eigenvalue weighted by molar-refractivity contribution is -0.338. The standard InChI is InChI=1S/C7H11O9P/c8-4(9)1-2-7(6(12)13,3-5(10)11)17(14,15)16/h1-3H2,(H,8,9)(H,10,11)(H,12,13)(H2,14,15,16)/p-1. The molecule has 9 nitrogen and oxygen atoms in total. The van der Waals surface area contributed by atoms with E-state index in [2.05, 4.69) is 0 Å². The molecule has 0 amide bonds. The molecule has 1 atom stereocenters. The van der Waals surface area contributed by atoms with Gasteiger partial charge in [0.15, 0.2) is 0 Å². The summed E-state index contributed by atoms with van der Waals surface area (Å²) in [6.07, 6.45) is -3.33. The first-order valence-corrected chi connectivity index (χ1v) is 5.81. The predicted molar refractivity (Wildman–Crippen MR) is 48.6 cm³/mol. The van der Waals surface area contributed by atoms with Gasteiger partial charge in [0.1, 0.15) is 0 Å². The van der Waals surface area contributed by atoms with E-state index in [1.165, 1.54) is 0 Å². The maximum absolute atomic E-state index is 11.0. The van der Waals surface area contributed by atoms with Crippen molar-refractivity contribution in [2.45, 2.75) is 24.4 Å². The Labute approximate surface area is 95.5 Å². The van der Waals surface area contributed by atoms with Crippen LogP contribution in [0.25, 0.3) is 0 Å². The zero-order valence-corrected chi connectivity index (χ0v) is 9.29. The summed E-state index contributed by atoms with van der Waals surface area (Å²) in [5.41, 5.74) is 0. The second kappa shape index (κ2) is 5.37. The van der Waals surface area contributed by atoms with Crippen LogP contribution in [-0.4, -0.2) is 43.3 Å². The van der Waals surface area contributed by atoms with Gasteiger partial charge in [-0.05, 0) is 0 Å². The van der Waals surface area contributed by atoms with Crippen LogP contribution in [0, 0.1) is 0 Å². The summed E-state index contributed by atoms with van der Waals surface area (Å²) >= 11 is 0. The van der Waals surface area contributed by atoms with Crippen molar-refractivity contribution >= 4 is 25.9 Å². The third kappa shape index (κ3) is 3.90. The van der Waals surface area contributed by atoms with Crippen molar-refractivity contribution in [2.75, 3.05) is 0 Å². The summed E-state index contributed by atoms with van der Waals surface area (Å²) in [6.45, 7) is 0. The van der Waals surface area contributed by atoms with Gasteiger partial charge in [-0.2, -0.15) is 0 Å². The van der Waals surface area contributed by atoms with Crippen molar-refractivity contribution in [3.63, 3.8) is 0 Å². The van der Waals surface area contributed by atoms with Gasteiger partial charge in [-0.15, -0.1) is 0 Å². The fourth-order valence-electron chi connectivity index (χ4n) is 1.20. The van der Waals surface area contributed by atoms with Gasteiger partial charge in [-0.1, -0.05) is 0 Å². The Morgan fingerprint density at radius 1 is 1.06 bits per heavy atom. The second-order valence-electron chi connectivity index (χ2n) is 3.32. The highest BCUT2D eigenvalue weighted by Gasteiger charge is 2.53. The third-order valence-electron chi connectivity index (χ3n) is 2.14. The molecule has 0 rings (SSSR count). The van der Waals surface area contributed by atoms with Crippen molar-refractivity contribution in [3.05, 3.63) is 0 Å². The van der Waals surface area contributed by atoms with Crippen molar-refractivity contribution < 1.29 is 44.4 Å². The molecule has 0 aromatic rings. The maximum Gasteiger partial charge on any atom is 0.350 e. The molecule has 98 valence electrons. The van der Waals surface area contributed by atoms with E-state index >= 15 is 0 Å². The SMILES string of the molecule is O=C(O)CCC(CC(=O)O)(C(=O)O)[P+]([O-])([O-])O. The van der Waals surface area contributed by atoms with E-state index in [4.69, 9.17) is 20.2 Å². The van der Waals surface area contributed by atoms with Gasteiger partial charge in [-0.3, -0.25) is 14.5 Å². The summed E-state index contributed by atoms with van der Waals surface area (Å²) in [7, 11) is -5.57. The van der Waals surface area contributed by atoms with E-state index in [1.54, 1.807) is 0 Å². The van der Waals surface area contributed by atoms with Gasteiger partial charge in [-0.25, -0.2) is 4.79 Å². The van der Waals surface area contributed by atoms with Crippen LogP contribution in [-0.2, 0) is 14.4 Å². The topological polar surface area (TPSA) is 178 Å². The number of carboxylic acid groups (broad SMARTS) is 3. The molecule has 10 heteroatoms. The molecular formula is C7H10O9P-. The molecule has 0 bridgehead atoms. The van der Waals surface area contributed by atoms with Crippen LogP contribution in [0.4, 0.5) is 0 Å². The Morgan fingerprint density at radius 3 is 1.76 bits per heavy atom. The molecule has 0 aromatic heterocycles. The predicted octanol–water partition coefficient (Wildman–Crippen LogP) is -2.38. The van der Waals surface area contributed by atoms with Gasteiger partial charge in [0.25, 0.3) is 0 Å². The molecule has 0 aliphatic heterocycles. The lowest BCUT2D eigenvalue weighted by atomic mass is 9.98. The fraction of sp³-hybridized carbons (Fsp3) is 0.571. The molecular weight excluding hydrogens is 259 g/mol. The molecule has 0 saturated heterocycles. The first-order valence-electron chi connectivity index (χ1n) is 4.24. The maximum atomic E-state index is 11.0. The quantitative estimate of drug-likeness (QED) is 0.367. The van der Waals surface area contributed by atoms with Gasteiger partial charge >= 0.3 is 17.9 Å². The van der Waals surface area contributed by atoms with Crippen LogP contribution >= 0.6 is 7.94 Å². The number of hydrogen-bond acceptors (Lipinski definition) is 6. The van der Waals surface area contributed by atoms with E-state index in [1.807, 2.05) is 0 Å². The minimum absolute atomic E-state index is 0.896. The molecule has 4 N–H and O–H groups in total. The number of rotatable bonds is 7. The van der Waals surface area contributed by atoms with Crippen molar-refractivity contribution in [1.82, 2.24) is 0 Å². The third-order valence-corrected chi connectivity index (χ3v) is 3.79. The van der Waals surface area contributed by atoms with Crippen molar-refractivity contribution in [2.24, 2.45) is 0 Å². The number of hydrogen-bond donors (Lipinski definition) is 4. The molecule has 0 aromatic carbocycles. The normalized spacial score (nSPS) is 15.0. The molecule has 0 saturated carbocycles. The molecule has 0 radical (unpaired) electrons. The highest BCUT2D eigenvalue weighted by atomic mass is 31.2. The molecule has 17 heavy (non-hydrogen) atoms. The number of carboxylic acids is 3. The summed E-state index contributed by atoms with van der Waals surface area (Å²) < 4.78 is 0. The second-order valence-corrected chi connectivity index (χ2v) is 5.22. The van der Waals surface area contributed by atoms with Crippen LogP contribution < -0.4 is 9.79 Å². The van der Waals surface area contributed by atoms with Gasteiger partial charge < -0.3 is 25.1 Å². The smallest absolute Gasteiger partial charge is 0.350 e. The lowest BCUT2D eigenvalue weighted by Gasteiger charge is -2.42. The number of carbonyl (C=O) groups is 3. The molecule has 0 fully saturated rings. The highest BCUT2D eigenvalue weighted by Crippen LogP contribution is 2.55. The van der Waals surface area contributed by atoms with E-state index in [9.17, 15) is 24.2 Å². The van der Waals surface area contributed by atoms with Gasteiger partial charge in [0.05, 0.1) is 20.8 Å². The Hall–Kier alpha value is -1.28. The minimum atomic E-state index is -5.57. The molecule has 1 unspecified atom stereocenters. The van der Waals surface area contributed by atoms with Gasteiger partial charge in [0.2, 0.25) is 5.16 Å². The zero-order valence-electron chi connectivity index (χ0n) is 8.40. The van der Waals surface area contributed by atoms with Crippen LogP contribution in [0.2, 0.25) is 0 Å². The monoisotopic (exact) mass is 269 g/mol. The first-order chi connectivity index (χ1) is 7.53. The average Bonchev–Trinajstić information content (AvgIpc) is 2.08. The molecule has 0 aliphatic carbocycles. The first kappa shape index (κ1) is 15.7. The summed E-state index contributed by atoms with van der Waals surface area (Å²) in [5, 5.41) is 22.5. The van der Waals surface area contributed by atoms with Crippen LogP contribution in [0.3, 0.4) is 0 Å². The highest BCUT2D eigenvalue weighted by molar-refractivity contribution is 7.58. The summed E-state index contributed by atoms with van der Waals surface area (Å²) in [5.74, 6) is -5.38. The zero-order chi connectivity index (χ0) is 13.9. The molecule has 0 spiro atoms. The van der Waals surface area contributed by atoms with E-state index < -0.39 is 50.3 Å². The Bertz CT molecular complexity index is 333. The fourth-order valence-corrected chi connectivity index (χ4v) is 2.17. The largest absolute Gasteiger partial charge is 0.659 e. The van der Waals surface area contributed by atoms with Crippen LogP contribution in [0.1, 0.15) is 19.3 Å². The average molecular weight is 269 g/mol. The van der Waals surface area contributed by atoms with Gasteiger partial charge in [0, 0.05) is 6.42 Å². The Kier molecular flexibility index (Phi) is 4.96. The van der Waals surface area contributed by atoms with Crippen LogP contribution in [0.15, 0.2) is 0 Å². The summed E-state index contributed by atoms with van der Waals surface area (Å²) in [4.78, 5) is 62.3.